The lowest BCUT2D eigenvalue weighted by atomic mass is 9.88. The average Bonchev–Trinajstić information content (AvgIpc) is 2.52. The van der Waals surface area contributed by atoms with Gasteiger partial charge in [-0.05, 0) is 18.6 Å². The molecule has 0 fully saturated rings. The highest BCUT2D eigenvalue weighted by atomic mass is 16.6. The molecule has 0 radical (unpaired) electrons. The van der Waals surface area contributed by atoms with Crippen LogP contribution in [0.4, 0.5) is 10.5 Å². The van der Waals surface area contributed by atoms with Crippen molar-refractivity contribution in [2.24, 2.45) is 5.41 Å². The molecule has 2 unspecified atom stereocenters. The summed E-state index contributed by atoms with van der Waals surface area (Å²) in [5, 5.41) is 30.4. The fourth-order valence-electron chi connectivity index (χ4n) is 1.79. The largest absolute Gasteiger partial charge is 0.449 e. The van der Waals surface area contributed by atoms with E-state index in [2.05, 4.69) is 5.32 Å². The summed E-state index contributed by atoms with van der Waals surface area (Å²) in [7, 11) is 1.38. The molecule has 7 nitrogen and oxygen atoms in total. The summed E-state index contributed by atoms with van der Waals surface area (Å²) in [4.78, 5) is 11.8. The number of hydrogen-bond acceptors (Lipinski definition) is 6. The van der Waals surface area contributed by atoms with Crippen molar-refractivity contribution < 1.29 is 29.6 Å². The van der Waals surface area contributed by atoms with Crippen molar-refractivity contribution in [2.45, 2.75) is 32.8 Å². The van der Waals surface area contributed by atoms with E-state index in [1.165, 1.54) is 19.2 Å². The number of carbonyl (C=O) groups excluding carboxylic acids is 1. The molecule has 1 aromatic carbocycles. The molecule has 4 N–H and O–H groups in total. The Kier molecular flexibility index (Phi) is 6.76. The van der Waals surface area contributed by atoms with E-state index in [0.717, 1.165) is 0 Å². The molecular formula is C15H23NO6. The van der Waals surface area contributed by atoms with Crippen molar-refractivity contribution in [3.8, 4) is 0 Å². The van der Waals surface area contributed by atoms with Gasteiger partial charge in [-0.1, -0.05) is 26.0 Å². The number of carbonyl (C=O) groups is 1. The molecule has 2 atom stereocenters. The Hall–Kier alpha value is -1.67. The van der Waals surface area contributed by atoms with Gasteiger partial charge in [0.15, 0.2) is 12.6 Å². The molecule has 0 saturated heterocycles. The summed E-state index contributed by atoms with van der Waals surface area (Å²) in [6, 6.07) is 6.12. The number of amides is 1. The number of nitrogens with one attached hydrogen (secondary N) is 1. The summed E-state index contributed by atoms with van der Waals surface area (Å²) in [5.41, 5.74) is -0.0815. The van der Waals surface area contributed by atoms with Crippen molar-refractivity contribution in [1.82, 2.24) is 0 Å². The third-order valence-corrected chi connectivity index (χ3v) is 3.59. The Morgan fingerprint density at radius 3 is 2.59 bits per heavy atom. The number of methoxy groups -OCH3 is 1. The molecule has 0 heterocycles. The highest BCUT2D eigenvalue weighted by Crippen LogP contribution is 2.27. The molecule has 7 heteroatoms. The maximum absolute atomic E-state index is 11.8. The van der Waals surface area contributed by atoms with Crippen LogP contribution < -0.4 is 5.32 Å². The van der Waals surface area contributed by atoms with Gasteiger partial charge in [0.2, 0.25) is 0 Å². The Morgan fingerprint density at radius 1 is 1.36 bits per heavy atom. The molecule has 0 aliphatic rings. The predicted octanol–water partition coefficient (Wildman–Crippen LogP) is 1.60. The van der Waals surface area contributed by atoms with Crippen LogP contribution >= 0.6 is 0 Å². The first-order valence-corrected chi connectivity index (χ1v) is 6.93. The van der Waals surface area contributed by atoms with E-state index >= 15 is 0 Å². The molecule has 124 valence electrons. The van der Waals surface area contributed by atoms with Gasteiger partial charge in [-0.25, -0.2) is 4.79 Å². The zero-order valence-electron chi connectivity index (χ0n) is 12.9. The first-order valence-electron chi connectivity index (χ1n) is 6.93. The van der Waals surface area contributed by atoms with Gasteiger partial charge in [0, 0.05) is 18.4 Å². The summed E-state index contributed by atoms with van der Waals surface area (Å²) in [6.45, 7) is 3.58. The lowest BCUT2D eigenvalue weighted by Gasteiger charge is -2.31. The number of ether oxygens (including phenoxy) is 2. The predicted molar refractivity (Wildman–Crippen MR) is 80.0 cm³/mol. The smallest absolute Gasteiger partial charge is 0.411 e. The van der Waals surface area contributed by atoms with Gasteiger partial charge in [-0.3, -0.25) is 5.32 Å². The van der Waals surface area contributed by atoms with Crippen molar-refractivity contribution >= 4 is 11.8 Å². The van der Waals surface area contributed by atoms with Crippen LogP contribution in [0.5, 0.6) is 0 Å². The Bertz CT molecular complexity index is 493. The van der Waals surface area contributed by atoms with E-state index in [1.807, 2.05) is 6.92 Å². The average molecular weight is 313 g/mol. The van der Waals surface area contributed by atoms with Crippen LogP contribution in [0.15, 0.2) is 24.3 Å². The molecule has 0 spiro atoms. The van der Waals surface area contributed by atoms with Gasteiger partial charge in [0.25, 0.3) is 0 Å². The summed E-state index contributed by atoms with van der Waals surface area (Å²) in [6.07, 6.45) is -2.80. The molecule has 1 rings (SSSR count). The maximum atomic E-state index is 11.8. The highest BCUT2D eigenvalue weighted by molar-refractivity contribution is 5.84. The van der Waals surface area contributed by atoms with Gasteiger partial charge in [-0.2, -0.15) is 0 Å². The van der Waals surface area contributed by atoms with E-state index in [9.17, 15) is 9.90 Å². The van der Waals surface area contributed by atoms with Crippen LogP contribution in [-0.4, -0.2) is 41.4 Å². The molecular weight excluding hydrogens is 290 g/mol. The molecule has 22 heavy (non-hydrogen) atoms. The number of benzene rings is 1. The van der Waals surface area contributed by atoms with E-state index in [0.29, 0.717) is 12.1 Å². The highest BCUT2D eigenvalue weighted by Gasteiger charge is 2.33. The van der Waals surface area contributed by atoms with Gasteiger partial charge in [-0.15, -0.1) is 0 Å². The van der Waals surface area contributed by atoms with Crippen molar-refractivity contribution in [3.63, 3.8) is 0 Å². The minimum absolute atomic E-state index is 0.0212. The van der Waals surface area contributed by atoms with Gasteiger partial charge < -0.3 is 24.8 Å². The SMILES string of the molecule is CCC(C)(COC(=O)Nc1cccc(C(O)O)c1)C(O)OC. The third-order valence-electron chi connectivity index (χ3n) is 3.59. The summed E-state index contributed by atoms with van der Waals surface area (Å²) < 4.78 is 10.00. The summed E-state index contributed by atoms with van der Waals surface area (Å²) >= 11 is 0. The van der Waals surface area contributed by atoms with Crippen molar-refractivity contribution in [2.75, 3.05) is 19.0 Å². The summed E-state index contributed by atoms with van der Waals surface area (Å²) in [5.74, 6) is 0. The number of hydrogen-bond donors (Lipinski definition) is 4. The standard InChI is InChI=1S/C15H23NO6/c1-4-15(2,13(19)21-3)9-22-14(20)16-11-7-5-6-10(8-11)12(17)18/h5-8,12-13,17-19H,4,9H2,1-3H3,(H,16,20). The van der Waals surface area contributed by atoms with Crippen LogP contribution in [0.1, 0.15) is 32.1 Å². The Labute approximate surface area is 129 Å². The normalized spacial score (nSPS) is 15.2. The number of aliphatic hydroxyl groups is 3. The molecule has 0 aromatic heterocycles. The van der Waals surface area contributed by atoms with E-state index in [-0.39, 0.29) is 12.2 Å². The van der Waals surface area contributed by atoms with Crippen LogP contribution in [0.25, 0.3) is 0 Å². The van der Waals surface area contributed by atoms with Crippen LogP contribution in [0, 0.1) is 5.41 Å². The van der Waals surface area contributed by atoms with Crippen molar-refractivity contribution in [1.29, 1.82) is 0 Å². The van der Waals surface area contributed by atoms with E-state index in [4.69, 9.17) is 19.7 Å². The van der Waals surface area contributed by atoms with Crippen LogP contribution in [0.3, 0.4) is 0 Å². The minimum atomic E-state index is -1.61. The lowest BCUT2D eigenvalue weighted by Crippen LogP contribution is -2.38. The second-order valence-corrected chi connectivity index (χ2v) is 5.30. The zero-order chi connectivity index (χ0) is 16.8. The fraction of sp³-hybridized carbons (Fsp3) is 0.533. The van der Waals surface area contributed by atoms with Gasteiger partial charge in [0.05, 0.1) is 5.41 Å². The first kappa shape index (κ1) is 18.4. The van der Waals surface area contributed by atoms with Gasteiger partial charge in [0.1, 0.15) is 6.61 Å². The van der Waals surface area contributed by atoms with E-state index in [1.54, 1.807) is 19.1 Å². The molecule has 1 aromatic rings. The molecule has 1 amide bonds. The third kappa shape index (κ3) is 4.96. The molecule has 0 aliphatic carbocycles. The zero-order valence-corrected chi connectivity index (χ0v) is 12.9. The lowest BCUT2D eigenvalue weighted by molar-refractivity contribution is -0.166. The van der Waals surface area contributed by atoms with Crippen LogP contribution in [-0.2, 0) is 9.47 Å². The fourth-order valence-corrected chi connectivity index (χ4v) is 1.79. The Morgan fingerprint density at radius 2 is 2.05 bits per heavy atom. The topological polar surface area (TPSA) is 108 Å². The quantitative estimate of drug-likeness (QED) is 0.569. The maximum Gasteiger partial charge on any atom is 0.411 e. The molecule has 0 saturated carbocycles. The van der Waals surface area contributed by atoms with Crippen molar-refractivity contribution in [3.05, 3.63) is 29.8 Å². The van der Waals surface area contributed by atoms with Crippen LogP contribution in [0.2, 0.25) is 0 Å². The van der Waals surface area contributed by atoms with Gasteiger partial charge >= 0.3 is 6.09 Å². The first-order chi connectivity index (χ1) is 10.3. The monoisotopic (exact) mass is 313 g/mol. The van der Waals surface area contributed by atoms with E-state index < -0.39 is 24.1 Å². The Balaban J connectivity index is 2.61. The number of anilines is 1. The second-order valence-electron chi connectivity index (χ2n) is 5.30. The molecule has 0 bridgehead atoms. The minimum Gasteiger partial charge on any atom is -0.449 e. The number of aliphatic hydroxyl groups excluding tert-OH is 2. The second kappa shape index (κ2) is 8.09. The number of rotatable bonds is 7. The molecule has 0 aliphatic heterocycles.